The maximum atomic E-state index is 12.7. The zero-order chi connectivity index (χ0) is 23.5. The second-order valence-corrected chi connectivity index (χ2v) is 8.56. The number of aryl methyl sites for hydroxylation is 1. The molecule has 0 amide bonds. The third-order valence-corrected chi connectivity index (χ3v) is 6.55. The summed E-state index contributed by atoms with van der Waals surface area (Å²) in [6.07, 6.45) is 1.05. The number of aromatic amines is 1. The summed E-state index contributed by atoms with van der Waals surface area (Å²) in [5.74, 6) is 0. The van der Waals surface area contributed by atoms with Crippen LogP contribution in [-0.2, 0) is 10.3 Å². The van der Waals surface area contributed by atoms with E-state index in [4.69, 9.17) is 4.74 Å². The monoisotopic (exact) mass is 453 g/mol. The molecule has 4 aromatic rings. The minimum atomic E-state index is -0.591. The van der Waals surface area contributed by atoms with Crippen LogP contribution in [0.4, 0.5) is 0 Å². The number of benzene rings is 3. The van der Waals surface area contributed by atoms with Gasteiger partial charge in [-0.05, 0) is 23.6 Å². The molecule has 6 heteroatoms. The van der Waals surface area contributed by atoms with Gasteiger partial charge in [0.15, 0.2) is 6.23 Å². The molecule has 2 heterocycles. The van der Waals surface area contributed by atoms with Crippen LogP contribution in [0.3, 0.4) is 0 Å². The number of hydrogen-bond acceptors (Lipinski definition) is 4. The molecule has 6 nitrogen and oxygen atoms in total. The lowest BCUT2D eigenvalue weighted by molar-refractivity contribution is -0.0917. The minimum Gasteiger partial charge on any atom is -0.355 e. The Morgan fingerprint density at radius 3 is 1.82 bits per heavy atom. The molecular weight excluding hydrogens is 426 g/mol. The van der Waals surface area contributed by atoms with Crippen LogP contribution in [0.5, 0.6) is 0 Å². The van der Waals surface area contributed by atoms with Crippen molar-refractivity contribution in [3.8, 4) is 0 Å². The number of morpholine rings is 1. The fraction of sp³-hybridized carbons (Fsp3) is 0.214. The van der Waals surface area contributed by atoms with E-state index >= 15 is 0 Å². The van der Waals surface area contributed by atoms with E-state index < -0.39 is 17.5 Å². The number of nitrogens with one attached hydrogen (secondary N) is 1. The second-order valence-electron chi connectivity index (χ2n) is 8.56. The smallest absolute Gasteiger partial charge is 0.330 e. The number of ether oxygens (including phenoxy) is 1. The average Bonchev–Trinajstić information content (AvgIpc) is 2.89. The normalized spacial score (nSPS) is 16.9. The van der Waals surface area contributed by atoms with Gasteiger partial charge in [0, 0.05) is 24.8 Å². The average molecular weight is 454 g/mol. The van der Waals surface area contributed by atoms with Crippen LogP contribution < -0.4 is 11.2 Å². The Hall–Kier alpha value is -3.74. The van der Waals surface area contributed by atoms with Gasteiger partial charge in [0.05, 0.1) is 12.1 Å². The summed E-state index contributed by atoms with van der Waals surface area (Å²) >= 11 is 0. The van der Waals surface area contributed by atoms with E-state index in [1.807, 2.05) is 18.2 Å². The van der Waals surface area contributed by atoms with E-state index in [0.717, 1.165) is 16.7 Å². The van der Waals surface area contributed by atoms with Gasteiger partial charge < -0.3 is 4.74 Å². The summed E-state index contributed by atoms with van der Waals surface area (Å²) in [5, 5.41) is 0. The Morgan fingerprint density at radius 2 is 1.32 bits per heavy atom. The molecule has 1 aliphatic heterocycles. The fourth-order valence-corrected chi connectivity index (χ4v) is 4.99. The second kappa shape index (κ2) is 9.25. The van der Waals surface area contributed by atoms with Crippen LogP contribution in [0.2, 0.25) is 0 Å². The Bertz CT molecular complexity index is 1270. The Balaban J connectivity index is 1.70. The quantitative estimate of drug-likeness (QED) is 0.468. The topological polar surface area (TPSA) is 67.3 Å². The Labute approximate surface area is 198 Å². The van der Waals surface area contributed by atoms with Crippen molar-refractivity contribution < 1.29 is 4.74 Å². The highest BCUT2D eigenvalue weighted by atomic mass is 16.5. The molecule has 5 rings (SSSR count). The molecule has 0 radical (unpaired) electrons. The molecule has 0 bridgehead atoms. The third-order valence-electron chi connectivity index (χ3n) is 6.55. The SMILES string of the molecule is Cc1cn([C@H]2CN(C(c3ccccc3)(c3ccccc3)c3ccccc3)CCO2)c(=O)[nH]c1=O. The molecule has 0 aliphatic carbocycles. The van der Waals surface area contributed by atoms with Gasteiger partial charge in [0.2, 0.25) is 0 Å². The number of H-pyrrole nitrogens is 1. The highest BCUT2D eigenvalue weighted by Gasteiger charge is 2.44. The molecule has 1 atom stereocenters. The van der Waals surface area contributed by atoms with Crippen LogP contribution >= 0.6 is 0 Å². The van der Waals surface area contributed by atoms with Crippen LogP contribution in [0.15, 0.2) is 107 Å². The minimum absolute atomic E-state index is 0.374. The molecule has 172 valence electrons. The lowest BCUT2D eigenvalue weighted by Crippen LogP contribution is -2.55. The van der Waals surface area contributed by atoms with Gasteiger partial charge in [-0.2, -0.15) is 0 Å². The molecular formula is C28H27N3O3. The van der Waals surface area contributed by atoms with E-state index in [0.29, 0.717) is 25.3 Å². The fourth-order valence-electron chi connectivity index (χ4n) is 4.99. The number of nitrogens with zero attached hydrogens (tertiary/aromatic N) is 2. The standard InChI is InChI=1S/C28H27N3O3/c1-21-19-31(27(33)29-26(21)32)25-20-30(17-18-34-25)28(22-11-5-2-6-12-22,23-13-7-3-8-14-23)24-15-9-4-10-16-24/h2-16,19,25H,17-18,20H2,1H3,(H,29,32,33)/t25-/m1/s1. The van der Waals surface area contributed by atoms with Crippen LogP contribution in [0.1, 0.15) is 28.5 Å². The molecule has 0 saturated carbocycles. The van der Waals surface area contributed by atoms with Crippen molar-refractivity contribution in [3.63, 3.8) is 0 Å². The first-order chi connectivity index (χ1) is 16.6. The van der Waals surface area contributed by atoms with Gasteiger partial charge in [0.1, 0.15) is 0 Å². The molecule has 1 fully saturated rings. The summed E-state index contributed by atoms with van der Waals surface area (Å²) in [6.45, 7) is 3.28. The van der Waals surface area contributed by atoms with Crippen molar-refractivity contribution >= 4 is 0 Å². The van der Waals surface area contributed by atoms with Crippen molar-refractivity contribution in [2.24, 2.45) is 0 Å². The number of rotatable bonds is 5. The molecule has 0 spiro atoms. The maximum Gasteiger partial charge on any atom is 0.330 e. The number of aromatic nitrogens is 2. The number of hydrogen-bond donors (Lipinski definition) is 1. The van der Waals surface area contributed by atoms with Crippen molar-refractivity contribution in [3.05, 3.63) is 140 Å². The molecule has 1 aromatic heterocycles. The van der Waals surface area contributed by atoms with E-state index in [9.17, 15) is 9.59 Å². The van der Waals surface area contributed by atoms with Crippen LogP contribution in [0.25, 0.3) is 0 Å². The van der Waals surface area contributed by atoms with Gasteiger partial charge in [-0.3, -0.25) is 19.2 Å². The van der Waals surface area contributed by atoms with E-state index in [1.165, 1.54) is 4.57 Å². The van der Waals surface area contributed by atoms with E-state index in [1.54, 1.807) is 13.1 Å². The maximum absolute atomic E-state index is 12.7. The zero-order valence-electron chi connectivity index (χ0n) is 19.1. The first-order valence-corrected chi connectivity index (χ1v) is 11.5. The van der Waals surface area contributed by atoms with Crippen molar-refractivity contribution in [2.45, 2.75) is 18.7 Å². The largest absolute Gasteiger partial charge is 0.355 e. The first kappa shape index (κ1) is 22.1. The summed E-state index contributed by atoms with van der Waals surface area (Å²) in [6, 6.07) is 31.3. The van der Waals surface area contributed by atoms with Crippen molar-refractivity contribution in [2.75, 3.05) is 19.7 Å². The zero-order valence-corrected chi connectivity index (χ0v) is 19.1. The van der Waals surface area contributed by atoms with Crippen LogP contribution in [-0.4, -0.2) is 34.1 Å². The van der Waals surface area contributed by atoms with Gasteiger partial charge in [-0.15, -0.1) is 0 Å². The summed E-state index contributed by atoms with van der Waals surface area (Å²) in [4.78, 5) is 29.4. The highest BCUT2D eigenvalue weighted by molar-refractivity contribution is 5.49. The predicted octanol–water partition coefficient (Wildman–Crippen LogP) is 3.67. The third kappa shape index (κ3) is 3.81. The summed E-state index contributed by atoms with van der Waals surface area (Å²) < 4.78 is 7.57. The predicted molar refractivity (Wildman–Crippen MR) is 132 cm³/mol. The molecule has 1 N–H and O–H groups in total. The Morgan fingerprint density at radius 1 is 0.824 bits per heavy atom. The lowest BCUT2D eigenvalue weighted by atomic mass is 9.75. The molecule has 3 aromatic carbocycles. The summed E-state index contributed by atoms with van der Waals surface area (Å²) in [7, 11) is 0. The van der Waals surface area contributed by atoms with Gasteiger partial charge >= 0.3 is 5.69 Å². The van der Waals surface area contributed by atoms with Crippen LogP contribution in [0, 0.1) is 6.92 Å². The van der Waals surface area contributed by atoms with E-state index in [-0.39, 0.29) is 5.56 Å². The molecule has 1 aliphatic rings. The molecule has 0 unspecified atom stereocenters. The lowest BCUT2D eigenvalue weighted by Gasteiger charge is -2.48. The van der Waals surface area contributed by atoms with Gasteiger partial charge in [-0.25, -0.2) is 4.79 Å². The summed E-state index contributed by atoms with van der Waals surface area (Å²) in [5.41, 5.74) is 2.45. The Kier molecular flexibility index (Phi) is 6.01. The first-order valence-electron chi connectivity index (χ1n) is 11.5. The van der Waals surface area contributed by atoms with Gasteiger partial charge in [0.25, 0.3) is 5.56 Å². The van der Waals surface area contributed by atoms with E-state index in [2.05, 4.69) is 82.7 Å². The molecule has 1 saturated heterocycles. The van der Waals surface area contributed by atoms with Gasteiger partial charge in [-0.1, -0.05) is 91.0 Å². The highest BCUT2D eigenvalue weighted by Crippen LogP contribution is 2.43. The van der Waals surface area contributed by atoms with Crippen molar-refractivity contribution in [1.29, 1.82) is 0 Å². The molecule has 34 heavy (non-hydrogen) atoms. The van der Waals surface area contributed by atoms with Crippen molar-refractivity contribution in [1.82, 2.24) is 14.5 Å².